The second-order valence-electron chi connectivity index (χ2n) is 9.03. The van der Waals surface area contributed by atoms with Crippen molar-refractivity contribution in [3.63, 3.8) is 0 Å². The number of anilines is 1. The van der Waals surface area contributed by atoms with Crippen LogP contribution in [0.2, 0.25) is 0 Å². The topological polar surface area (TPSA) is 71.8 Å². The second kappa shape index (κ2) is 10.3. The first-order chi connectivity index (χ1) is 17.9. The largest absolute Gasteiger partial charge is 0.495 e. The average molecular weight is 522 g/mol. The molecule has 7 nitrogen and oxygen atoms in total. The van der Waals surface area contributed by atoms with Crippen molar-refractivity contribution in [1.82, 2.24) is 9.47 Å². The molecular formula is C28H28FN3O4S. The van der Waals surface area contributed by atoms with Gasteiger partial charge in [0.2, 0.25) is 5.91 Å². The maximum Gasteiger partial charge on any atom is 0.242 e. The summed E-state index contributed by atoms with van der Waals surface area (Å²) in [6, 6.07) is 20.8. The van der Waals surface area contributed by atoms with E-state index in [-0.39, 0.29) is 22.9 Å². The molecular weight excluding hydrogens is 493 g/mol. The minimum absolute atomic E-state index is 0.0182. The van der Waals surface area contributed by atoms with Gasteiger partial charge in [0.05, 0.1) is 23.4 Å². The van der Waals surface area contributed by atoms with Crippen LogP contribution in [-0.2, 0) is 26.9 Å². The first kappa shape index (κ1) is 24.8. The number of amides is 1. The number of nitrogens with zero attached hydrogens (tertiary/aromatic N) is 3. The Kier molecular flexibility index (Phi) is 6.88. The number of hydrogen-bond acceptors (Lipinski definition) is 5. The van der Waals surface area contributed by atoms with Gasteiger partial charge in [-0.1, -0.05) is 48.5 Å². The highest BCUT2D eigenvalue weighted by Gasteiger charge is 2.26. The summed E-state index contributed by atoms with van der Waals surface area (Å²) in [4.78, 5) is 17.3. The van der Waals surface area contributed by atoms with E-state index >= 15 is 0 Å². The van der Waals surface area contributed by atoms with Crippen molar-refractivity contribution in [3.8, 4) is 5.75 Å². The molecule has 1 amide bonds. The second-order valence-corrected chi connectivity index (χ2v) is 11.0. The molecule has 9 heteroatoms. The van der Waals surface area contributed by atoms with E-state index in [1.165, 1.54) is 24.4 Å². The van der Waals surface area contributed by atoms with Gasteiger partial charge >= 0.3 is 0 Å². The van der Waals surface area contributed by atoms with Crippen LogP contribution in [0.3, 0.4) is 0 Å². The number of fused-ring (bicyclic) bond motifs is 1. The quantitative estimate of drug-likeness (QED) is 0.366. The molecule has 1 aliphatic rings. The van der Waals surface area contributed by atoms with E-state index in [0.717, 1.165) is 11.4 Å². The number of carbonyl (C=O) groups excluding carboxylic acids is 1. The van der Waals surface area contributed by atoms with Crippen LogP contribution in [-0.4, -0.2) is 57.1 Å². The smallest absolute Gasteiger partial charge is 0.242 e. The van der Waals surface area contributed by atoms with E-state index in [0.29, 0.717) is 37.1 Å². The summed E-state index contributed by atoms with van der Waals surface area (Å²) in [6.07, 6.45) is 1.50. The van der Waals surface area contributed by atoms with E-state index < -0.39 is 21.4 Å². The summed E-state index contributed by atoms with van der Waals surface area (Å²) in [6.45, 7) is 2.45. The summed E-state index contributed by atoms with van der Waals surface area (Å²) in [7, 11) is -2.21. The van der Waals surface area contributed by atoms with Gasteiger partial charge in [0.1, 0.15) is 18.1 Å². The summed E-state index contributed by atoms with van der Waals surface area (Å²) < 4.78 is 47.9. The Bertz CT molecular complexity index is 1540. The lowest BCUT2D eigenvalue weighted by atomic mass is 10.2. The molecule has 37 heavy (non-hydrogen) atoms. The third-order valence-electron chi connectivity index (χ3n) is 6.75. The average Bonchev–Trinajstić information content (AvgIpc) is 3.29. The molecule has 1 aromatic heterocycles. The van der Waals surface area contributed by atoms with E-state index in [9.17, 15) is 17.6 Å². The summed E-state index contributed by atoms with van der Waals surface area (Å²) in [5.41, 5.74) is 1.76. The fourth-order valence-electron chi connectivity index (χ4n) is 4.82. The standard InChI is InChI=1S/C28H28FN3O4S/c1-36-26-13-7-6-12-25(26)30-14-16-31(17-15-30)28(33)19-32-18-27(22-9-3-5-11-24(22)32)37(34,35)20-21-8-2-4-10-23(21)29/h2-13,18H,14-17,19-20H2,1H3. The van der Waals surface area contributed by atoms with Crippen LogP contribution in [0.4, 0.5) is 10.1 Å². The zero-order chi connectivity index (χ0) is 26.0. The number of piperazine rings is 1. The van der Waals surface area contributed by atoms with E-state index in [1.807, 2.05) is 30.3 Å². The fourth-order valence-corrected chi connectivity index (χ4v) is 6.42. The summed E-state index contributed by atoms with van der Waals surface area (Å²) in [5.74, 6) is -0.298. The predicted octanol–water partition coefficient (Wildman–Crippen LogP) is 4.11. The molecule has 2 heterocycles. The fraction of sp³-hybridized carbons (Fsp3) is 0.250. The molecule has 0 radical (unpaired) electrons. The molecule has 4 aromatic rings. The number of sulfone groups is 1. The molecule has 0 aliphatic carbocycles. The summed E-state index contributed by atoms with van der Waals surface area (Å²) >= 11 is 0. The molecule has 0 N–H and O–H groups in total. The maximum absolute atomic E-state index is 14.2. The van der Waals surface area contributed by atoms with Gasteiger partial charge in [0.15, 0.2) is 9.84 Å². The molecule has 0 spiro atoms. The predicted molar refractivity (Wildman–Crippen MR) is 141 cm³/mol. The lowest BCUT2D eigenvalue weighted by Gasteiger charge is -2.36. The normalized spacial score (nSPS) is 14.2. The molecule has 1 fully saturated rings. The number of benzene rings is 3. The lowest BCUT2D eigenvalue weighted by Crippen LogP contribution is -2.49. The van der Waals surface area contributed by atoms with Crippen molar-refractivity contribution in [2.75, 3.05) is 38.2 Å². The molecule has 0 bridgehead atoms. The number of ether oxygens (including phenoxy) is 1. The Hall–Kier alpha value is -3.85. The van der Waals surface area contributed by atoms with Crippen LogP contribution in [0, 0.1) is 5.82 Å². The first-order valence-electron chi connectivity index (χ1n) is 12.1. The number of aromatic nitrogens is 1. The highest BCUT2D eigenvalue weighted by molar-refractivity contribution is 7.90. The van der Waals surface area contributed by atoms with Crippen LogP contribution in [0.15, 0.2) is 83.9 Å². The zero-order valence-corrected chi connectivity index (χ0v) is 21.3. The summed E-state index contributed by atoms with van der Waals surface area (Å²) in [5, 5.41) is 0.521. The monoisotopic (exact) mass is 521 g/mol. The van der Waals surface area contributed by atoms with Gasteiger partial charge < -0.3 is 19.1 Å². The third kappa shape index (κ3) is 5.04. The number of carbonyl (C=O) groups is 1. The van der Waals surface area contributed by atoms with Crippen molar-refractivity contribution in [2.45, 2.75) is 17.2 Å². The van der Waals surface area contributed by atoms with E-state index in [2.05, 4.69) is 4.90 Å². The third-order valence-corrected chi connectivity index (χ3v) is 8.44. The van der Waals surface area contributed by atoms with Gasteiger partial charge in [-0.15, -0.1) is 0 Å². The van der Waals surface area contributed by atoms with Gasteiger partial charge in [-0.25, -0.2) is 12.8 Å². The molecule has 192 valence electrons. The number of rotatable bonds is 7. The number of methoxy groups -OCH3 is 1. The zero-order valence-electron chi connectivity index (χ0n) is 20.5. The van der Waals surface area contributed by atoms with Gasteiger partial charge in [-0.05, 0) is 24.3 Å². The molecule has 1 saturated heterocycles. The molecule has 0 saturated carbocycles. The molecule has 0 unspecified atom stereocenters. The highest BCUT2D eigenvalue weighted by atomic mass is 32.2. The van der Waals surface area contributed by atoms with Crippen LogP contribution >= 0.6 is 0 Å². The number of hydrogen-bond donors (Lipinski definition) is 0. The van der Waals surface area contributed by atoms with Crippen molar-refractivity contribution in [1.29, 1.82) is 0 Å². The Morgan fingerprint density at radius 3 is 2.35 bits per heavy atom. The van der Waals surface area contributed by atoms with Crippen LogP contribution in [0.25, 0.3) is 10.9 Å². The minimum Gasteiger partial charge on any atom is -0.495 e. The molecule has 1 aliphatic heterocycles. The molecule has 3 aromatic carbocycles. The Morgan fingerprint density at radius 2 is 1.59 bits per heavy atom. The van der Waals surface area contributed by atoms with Gasteiger partial charge in [0, 0.05) is 48.8 Å². The van der Waals surface area contributed by atoms with Crippen molar-refractivity contribution >= 4 is 32.3 Å². The van der Waals surface area contributed by atoms with Crippen molar-refractivity contribution in [2.24, 2.45) is 0 Å². The Morgan fingerprint density at radius 1 is 0.919 bits per heavy atom. The Labute approximate surface area is 215 Å². The van der Waals surface area contributed by atoms with Crippen LogP contribution in [0.1, 0.15) is 5.56 Å². The first-order valence-corrected chi connectivity index (χ1v) is 13.7. The van der Waals surface area contributed by atoms with Crippen molar-refractivity contribution < 1.29 is 22.3 Å². The van der Waals surface area contributed by atoms with Crippen LogP contribution < -0.4 is 9.64 Å². The maximum atomic E-state index is 14.2. The molecule has 0 atom stereocenters. The van der Waals surface area contributed by atoms with Crippen LogP contribution in [0.5, 0.6) is 5.75 Å². The van der Waals surface area contributed by atoms with Crippen molar-refractivity contribution in [3.05, 3.63) is 90.4 Å². The van der Waals surface area contributed by atoms with E-state index in [1.54, 1.807) is 40.8 Å². The van der Waals surface area contributed by atoms with Gasteiger partial charge in [-0.2, -0.15) is 0 Å². The highest BCUT2D eigenvalue weighted by Crippen LogP contribution is 2.30. The molecule has 5 rings (SSSR count). The Balaban J connectivity index is 1.34. The number of halogens is 1. The minimum atomic E-state index is -3.85. The number of para-hydroxylation sites is 3. The van der Waals surface area contributed by atoms with Gasteiger partial charge in [-0.3, -0.25) is 4.79 Å². The SMILES string of the molecule is COc1ccccc1N1CCN(C(=O)Cn2cc(S(=O)(=O)Cc3ccccc3F)c3ccccc32)CC1. The van der Waals surface area contributed by atoms with E-state index in [4.69, 9.17) is 4.74 Å². The lowest BCUT2D eigenvalue weighted by molar-refractivity contribution is -0.132. The van der Waals surface area contributed by atoms with Gasteiger partial charge in [0.25, 0.3) is 0 Å².